The number of hydrogen-bond acceptors (Lipinski definition) is 2. The Labute approximate surface area is 155 Å². The van der Waals surface area contributed by atoms with Crippen LogP contribution in [-0.2, 0) is 4.79 Å². The van der Waals surface area contributed by atoms with Crippen LogP contribution in [0.5, 0.6) is 0 Å². The fourth-order valence-corrected chi connectivity index (χ4v) is 4.03. The van der Waals surface area contributed by atoms with Crippen LogP contribution < -0.4 is 0 Å². The molecule has 1 aliphatic heterocycles. The third-order valence-corrected chi connectivity index (χ3v) is 5.22. The van der Waals surface area contributed by atoms with E-state index in [9.17, 15) is 9.90 Å². The number of hydrogen-bond donors (Lipinski definition) is 1. The van der Waals surface area contributed by atoms with E-state index in [0.717, 1.165) is 35.0 Å². The first kappa shape index (κ1) is 17.5. The lowest BCUT2D eigenvalue weighted by Gasteiger charge is -2.37. The monoisotopic (exact) mass is 407 g/mol. The summed E-state index contributed by atoms with van der Waals surface area (Å²) in [6.45, 7) is 1.44. The standard InChI is InChI=1S/C19H19BrClNO2/c20-16-7-1-4-13(10-16)18(14-5-2-8-17(21)11-14)22-9-3-6-15(12-22)19(23)24/h1-2,4-5,7-8,10-11,15,18H,3,6,9,12H2,(H,23,24). The number of aliphatic carboxylic acids is 1. The zero-order valence-corrected chi connectivity index (χ0v) is 15.5. The molecule has 0 spiro atoms. The summed E-state index contributed by atoms with van der Waals surface area (Å²) in [4.78, 5) is 13.7. The Hall–Kier alpha value is -1.36. The van der Waals surface area contributed by atoms with Gasteiger partial charge in [0.2, 0.25) is 0 Å². The second-order valence-corrected chi connectivity index (χ2v) is 7.54. The van der Waals surface area contributed by atoms with E-state index in [0.29, 0.717) is 11.6 Å². The van der Waals surface area contributed by atoms with Crippen LogP contribution in [0.15, 0.2) is 53.0 Å². The highest BCUT2D eigenvalue weighted by Gasteiger charge is 2.31. The summed E-state index contributed by atoms with van der Waals surface area (Å²) in [5, 5.41) is 10.1. The van der Waals surface area contributed by atoms with E-state index >= 15 is 0 Å². The molecule has 1 aliphatic rings. The Morgan fingerprint density at radius 1 is 1.21 bits per heavy atom. The van der Waals surface area contributed by atoms with Gasteiger partial charge in [0.15, 0.2) is 0 Å². The molecule has 0 amide bonds. The summed E-state index contributed by atoms with van der Waals surface area (Å²) in [5.74, 6) is -1.02. The average molecular weight is 409 g/mol. The number of carboxylic acid groups (broad SMARTS) is 1. The number of nitrogens with zero attached hydrogens (tertiary/aromatic N) is 1. The molecule has 0 radical (unpaired) electrons. The zero-order chi connectivity index (χ0) is 17.1. The number of benzene rings is 2. The first-order valence-corrected chi connectivity index (χ1v) is 9.19. The van der Waals surface area contributed by atoms with Crippen LogP contribution in [0.4, 0.5) is 0 Å². The van der Waals surface area contributed by atoms with Crippen molar-refractivity contribution in [2.45, 2.75) is 18.9 Å². The summed E-state index contributed by atoms with van der Waals surface area (Å²) >= 11 is 9.74. The van der Waals surface area contributed by atoms with Gasteiger partial charge in [0, 0.05) is 16.0 Å². The maximum atomic E-state index is 11.4. The molecule has 0 saturated carbocycles. The molecule has 1 heterocycles. The van der Waals surface area contributed by atoms with Crippen molar-refractivity contribution in [1.29, 1.82) is 0 Å². The molecule has 0 bridgehead atoms. The first-order valence-electron chi connectivity index (χ1n) is 8.02. The summed E-state index contributed by atoms with van der Waals surface area (Å²) in [6, 6.07) is 16.0. The van der Waals surface area contributed by atoms with Gasteiger partial charge >= 0.3 is 5.97 Å². The van der Waals surface area contributed by atoms with Crippen LogP contribution in [-0.4, -0.2) is 29.1 Å². The molecule has 1 saturated heterocycles. The fourth-order valence-electron chi connectivity index (χ4n) is 3.41. The molecular weight excluding hydrogens is 390 g/mol. The number of rotatable bonds is 4. The molecule has 126 valence electrons. The highest BCUT2D eigenvalue weighted by atomic mass is 79.9. The molecule has 2 atom stereocenters. The molecular formula is C19H19BrClNO2. The van der Waals surface area contributed by atoms with Crippen molar-refractivity contribution in [1.82, 2.24) is 4.90 Å². The summed E-state index contributed by atoms with van der Waals surface area (Å²) in [7, 11) is 0. The third-order valence-electron chi connectivity index (χ3n) is 4.50. The van der Waals surface area contributed by atoms with Gasteiger partial charge in [-0.1, -0.05) is 51.8 Å². The maximum Gasteiger partial charge on any atom is 0.307 e. The van der Waals surface area contributed by atoms with Crippen LogP contribution in [0, 0.1) is 5.92 Å². The Balaban J connectivity index is 2.00. The van der Waals surface area contributed by atoms with Crippen molar-refractivity contribution in [2.24, 2.45) is 5.92 Å². The Bertz CT molecular complexity index is 691. The van der Waals surface area contributed by atoms with Crippen LogP contribution >= 0.6 is 27.5 Å². The molecule has 1 fully saturated rings. The first-order chi connectivity index (χ1) is 11.5. The fraction of sp³-hybridized carbons (Fsp3) is 0.316. The number of carboxylic acids is 1. The van der Waals surface area contributed by atoms with E-state index < -0.39 is 5.97 Å². The third kappa shape index (κ3) is 4.00. The summed E-state index contributed by atoms with van der Waals surface area (Å²) < 4.78 is 1.01. The number of piperidine rings is 1. The van der Waals surface area contributed by atoms with Crippen molar-refractivity contribution in [3.8, 4) is 0 Å². The van der Waals surface area contributed by atoms with Gasteiger partial charge in [-0.15, -0.1) is 0 Å². The molecule has 2 aromatic rings. The number of likely N-dealkylation sites (tertiary alicyclic amines) is 1. The SMILES string of the molecule is O=C(O)C1CCCN(C(c2cccc(Cl)c2)c2cccc(Br)c2)C1. The van der Waals surface area contributed by atoms with Crippen molar-refractivity contribution in [2.75, 3.05) is 13.1 Å². The molecule has 24 heavy (non-hydrogen) atoms. The van der Waals surface area contributed by atoms with Gasteiger partial charge in [-0.05, 0) is 54.8 Å². The molecule has 1 N–H and O–H groups in total. The zero-order valence-electron chi connectivity index (χ0n) is 13.2. The van der Waals surface area contributed by atoms with E-state index in [1.165, 1.54) is 0 Å². The lowest BCUT2D eigenvalue weighted by Crippen LogP contribution is -2.41. The smallest absolute Gasteiger partial charge is 0.307 e. The van der Waals surface area contributed by atoms with Gasteiger partial charge in [0.05, 0.1) is 12.0 Å². The maximum absolute atomic E-state index is 11.4. The lowest BCUT2D eigenvalue weighted by atomic mass is 9.91. The Kier molecular flexibility index (Phi) is 5.59. The molecule has 2 aromatic carbocycles. The van der Waals surface area contributed by atoms with E-state index in [1.54, 1.807) is 0 Å². The molecule has 3 rings (SSSR count). The van der Waals surface area contributed by atoms with Crippen molar-refractivity contribution >= 4 is 33.5 Å². The van der Waals surface area contributed by atoms with E-state index in [1.807, 2.05) is 30.3 Å². The number of halogens is 2. The van der Waals surface area contributed by atoms with Crippen LogP contribution in [0.25, 0.3) is 0 Å². The van der Waals surface area contributed by atoms with Crippen molar-refractivity contribution in [3.63, 3.8) is 0 Å². The van der Waals surface area contributed by atoms with Crippen LogP contribution in [0.1, 0.15) is 30.0 Å². The van der Waals surface area contributed by atoms with E-state index in [4.69, 9.17) is 11.6 Å². The highest BCUT2D eigenvalue weighted by Crippen LogP contribution is 2.34. The van der Waals surface area contributed by atoms with E-state index in [2.05, 4.69) is 39.0 Å². The quantitative estimate of drug-likeness (QED) is 0.775. The normalized spacial score (nSPS) is 19.8. The van der Waals surface area contributed by atoms with Gasteiger partial charge in [-0.3, -0.25) is 9.69 Å². The van der Waals surface area contributed by atoms with Crippen molar-refractivity contribution in [3.05, 3.63) is 69.2 Å². The van der Waals surface area contributed by atoms with Crippen molar-refractivity contribution < 1.29 is 9.90 Å². The van der Waals surface area contributed by atoms with E-state index in [-0.39, 0.29) is 12.0 Å². The Morgan fingerprint density at radius 2 is 1.92 bits per heavy atom. The molecule has 2 unspecified atom stereocenters. The predicted octanol–water partition coefficient (Wildman–Crippen LogP) is 4.99. The number of carbonyl (C=O) groups is 1. The molecule has 0 aromatic heterocycles. The minimum atomic E-state index is -0.709. The van der Waals surface area contributed by atoms with Crippen LogP contribution in [0.3, 0.4) is 0 Å². The second-order valence-electron chi connectivity index (χ2n) is 6.18. The Morgan fingerprint density at radius 3 is 2.58 bits per heavy atom. The lowest BCUT2D eigenvalue weighted by molar-refractivity contribution is -0.143. The van der Waals surface area contributed by atoms with Gasteiger partial charge in [0.1, 0.15) is 0 Å². The topological polar surface area (TPSA) is 40.5 Å². The molecule has 5 heteroatoms. The van der Waals surface area contributed by atoms with Crippen LogP contribution in [0.2, 0.25) is 5.02 Å². The van der Waals surface area contributed by atoms with Gasteiger partial charge in [0.25, 0.3) is 0 Å². The van der Waals surface area contributed by atoms with Gasteiger partial charge in [-0.2, -0.15) is 0 Å². The molecule has 3 nitrogen and oxygen atoms in total. The summed E-state index contributed by atoms with van der Waals surface area (Å²) in [6.07, 6.45) is 1.63. The molecule has 0 aliphatic carbocycles. The van der Waals surface area contributed by atoms with Gasteiger partial charge in [-0.25, -0.2) is 0 Å². The largest absolute Gasteiger partial charge is 0.481 e. The minimum absolute atomic E-state index is 0.00310. The van der Waals surface area contributed by atoms with Gasteiger partial charge < -0.3 is 5.11 Å². The highest BCUT2D eigenvalue weighted by molar-refractivity contribution is 9.10. The minimum Gasteiger partial charge on any atom is -0.481 e. The predicted molar refractivity (Wildman–Crippen MR) is 99.4 cm³/mol. The average Bonchev–Trinajstić information content (AvgIpc) is 2.55. The summed E-state index contributed by atoms with van der Waals surface area (Å²) in [5.41, 5.74) is 2.23. The second kappa shape index (κ2) is 7.68.